The molecule has 1 aromatic carbocycles. The molecule has 0 bridgehead atoms. The monoisotopic (exact) mass is 254 g/mol. The van der Waals surface area contributed by atoms with Crippen LogP contribution in [0.15, 0.2) is 29.0 Å². The Bertz CT molecular complexity index is 493. The number of fused-ring (bicyclic) bond motifs is 1. The Morgan fingerprint density at radius 2 is 2.21 bits per heavy atom. The summed E-state index contributed by atoms with van der Waals surface area (Å²) in [6.45, 7) is 0. The zero-order valence-corrected chi connectivity index (χ0v) is 8.98. The first-order valence-electron chi connectivity index (χ1n) is 3.95. The van der Waals surface area contributed by atoms with Gasteiger partial charge >= 0.3 is 6.09 Å². The number of halogens is 1. The van der Waals surface area contributed by atoms with Gasteiger partial charge in [-0.15, -0.1) is 0 Å². The van der Waals surface area contributed by atoms with Gasteiger partial charge in [-0.2, -0.15) is 0 Å². The van der Waals surface area contributed by atoms with E-state index in [0.717, 1.165) is 11.0 Å². The molecule has 0 saturated heterocycles. The highest BCUT2D eigenvalue weighted by Gasteiger charge is 2.14. The standard InChI is InChI=1S/C9H7BrN2O2/c1-14-9(13)12-7-5-3-2-4-6(7)11-8(12)10/h2-5H,1H3. The minimum Gasteiger partial charge on any atom is -0.452 e. The predicted octanol–water partition coefficient (Wildman–Crippen LogP) is 2.41. The summed E-state index contributed by atoms with van der Waals surface area (Å²) >= 11 is 3.20. The largest absolute Gasteiger partial charge is 0.452 e. The smallest absolute Gasteiger partial charge is 0.420 e. The van der Waals surface area contributed by atoms with Crippen molar-refractivity contribution in [1.82, 2.24) is 9.55 Å². The van der Waals surface area contributed by atoms with Crippen LogP contribution in [0.1, 0.15) is 0 Å². The predicted molar refractivity (Wildman–Crippen MR) is 55.2 cm³/mol. The highest BCUT2D eigenvalue weighted by molar-refractivity contribution is 9.10. The van der Waals surface area contributed by atoms with Crippen LogP contribution in [0, 0.1) is 0 Å². The number of imidazole rings is 1. The normalized spacial score (nSPS) is 10.4. The molecule has 14 heavy (non-hydrogen) atoms. The number of aromatic nitrogens is 2. The number of hydrogen-bond donors (Lipinski definition) is 0. The maximum absolute atomic E-state index is 11.4. The summed E-state index contributed by atoms with van der Waals surface area (Å²) in [5.74, 6) is 0. The van der Waals surface area contributed by atoms with Crippen molar-refractivity contribution in [3.63, 3.8) is 0 Å². The van der Waals surface area contributed by atoms with Crippen LogP contribution in [0.3, 0.4) is 0 Å². The van der Waals surface area contributed by atoms with Gasteiger partial charge in [-0.1, -0.05) is 12.1 Å². The summed E-state index contributed by atoms with van der Waals surface area (Å²) in [6, 6.07) is 7.35. The van der Waals surface area contributed by atoms with Crippen molar-refractivity contribution in [2.24, 2.45) is 0 Å². The third-order valence-corrected chi connectivity index (χ3v) is 2.41. The molecule has 0 aliphatic heterocycles. The Labute approximate surface area is 88.6 Å². The second-order valence-corrected chi connectivity index (χ2v) is 3.38. The van der Waals surface area contributed by atoms with E-state index in [-0.39, 0.29) is 0 Å². The highest BCUT2D eigenvalue weighted by Crippen LogP contribution is 2.19. The molecule has 2 aromatic rings. The molecule has 0 radical (unpaired) electrons. The van der Waals surface area contributed by atoms with E-state index >= 15 is 0 Å². The minimum absolute atomic E-state index is 0.450. The van der Waals surface area contributed by atoms with Crippen molar-refractivity contribution in [3.05, 3.63) is 29.0 Å². The molecule has 0 N–H and O–H groups in total. The fraction of sp³-hybridized carbons (Fsp3) is 0.111. The number of carbonyl (C=O) groups is 1. The van der Waals surface area contributed by atoms with Gasteiger partial charge in [0.15, 0.2) is 4.73 Å². The maximum Gasteiger partial charge on any atom is 0.420 e. The van der Waals surface area contributed by atoms with E-state index in [0.29, 0.717) is 4.73 Å². The first-order chi connectivity index (χ1) is 6.74. The molecular formula is C9H7BrN2O2. The van der Waals surface area contributed by atoms with E-state index in [2.05, 4.69) is 25.7 Å². The number of ether oxygens (including phenoxy) is 1. The highest BCUT2D eigenvalue weighted by atomic mass is 79.9. The fourth-order valence-corrected chi connectivity index (χ4v) is 1.79. The third kappa shape index (κ3) is 1.29. The summed E-state index contributed by atoms with van der Waals surface area (Å²) in [4.78, 5) is 15.5. The lowest BCUT2D eigenvalue weighted by Crippen LogP contribution is -2.11. The average Bonchev–Trinajstić information content (AvgIpc) is 2.53. The van der Waals surface area contributed by atoms with Crippen LogP contribution in [0.5, 0.6) is 0 Å². The molecule has 0 saturated carbocycles. The number of nitrogens with zero attached hydrogens (tertiary/aromatic N) is 2. The van der Waals surface area contributed by atoms with Crippen LogP contribution in [-0.2, 0) is 4.74 Å². The van der Waals surface area contributed by atoms with Gasteiger partial charge in [0.25, 0.3) is 0 Å². The van der Waals surface area contributed by atoms with Crippen LogP contribution in [0.2, 0.25) is 0 Å². The van der Waals surface area contributed by atoms with Crippen molar-refractivity contribution < 1.29 is 9.53 Å². The summed E-state index contributed by atoms with van der Waals surface area (Å²) in [6.07, 6.45) is -0.453. The third-order valence-electron chi connectivity index (χ3n) is 1.88. The lowest BCUT2D eigenvalue weighted by Gasteiger charge is -2.00. The van der Waals surface area contributed by atoms with Crippen molar-refractivity contribution in [1.29, 1.82) is 0 Å². The first-order valence-corrected chi connectivity index (χ1v) is 4.74. The Morgan fingerprint density at radius 3 is 2.93 bits per heavy atom. The number of hydrogen-bond acceptors (Lipinski definition) is 3. The molecule has 4 nitrogen and oxygen atoms in total. The number of rotatable bonds is 0. The number of benzene rings is 1. The topological polar surface area (TPSA) is 44.1 Å². The van der Waals surface area contributed by atoms with Crippen molar-refractivity contribution >= 4 is 33.1 Å². The van der Waals surface area contributed by atoms with E-state index in [1.54, 1.807) is 0 Å². The summed E-state index contributed by atoms with van der Waals surface area (Å²) in [7, 11) is 1.34. The summed E-state index contributed by atoms with van der Waals surface area (Å²) < 4.78 is 6.46. The molecule has 0 unspecified atom stereocenters. The average molecular weight is 255 g/mol. The summed E-state index contributed by atoms with van der Waals surface area (Å²) in [5.41, 5.74) is 1.48. The first kappa shape index (κ1) is 9.21. The zero-order valence-electron chi connectivity index (χ0n) is 7.40. The van der Waals surface area contributed by atoms with E-state index < -0.39 is 6.09 Å². The van der Waals surface area contributed by atoms with Gasteiger partial charge in [0.1, 0.15) is 0 Å². The van der Waals surface area contributed by atoms with Crippen molar-refractivity contribution in [2.75, 3.05) is 7.11 Å². The molecule has 0 fully saturated rings. The minimum atomic E-state index is -0.453. The molecule has 0 aliphatic rings. The second kappa shape index (κ2) is 3.42. The van der Waals surface area contributed by atoms with Gasteiger partial charge in [-0.25, -0.2) is 14.3 Å². The number of carbonyl (C=O) groups excluding carboxylic acids is 1. The molecule has 1 heterocycles. The summed E-state index contributed by atoms with van der Waals surface area (Å²) in [5, 5.41) is 0. The van der Waals surface area contributed by atoms with Gasteiger partial charge < -0.3 is 4.74 Å². The van der Waals surface area contributed by atoms with Gasteiger partial charge in [0.05, 0.1) is 18.1 Å². The van der Waals surface area contributed by atoms with E-state index in [4.69, 9.17) is 0 Å². The molecule has 0 aliphatic carbocycles. The van der Waals surface area contributed by atoms with Crippen LogP contribution < -0.4 is 0 Å². The van der Waals surface area contributed by atoms with Gasteiger partial charge in [-0.05, 0) is 28.1 Å². The number of methoxy groups -OCH3 is 1. The van der Waals surface area contributed by atoms with Crippen molar-refractivity contribution in [2.45, 2.75) is 0 Å². The molecule has 0 spiro atoms. The quantitative estimate of drug-likeness (QED) is 0.726. The zero-order chi connectivity index (χ0) is 10.1. The molecule has 2 rings (SSSR count). The Kier molecular flexibility index (Phi) is 2.25. The molecule has 1 aromatic heterocycles. The van der Waals surface area contributed by atoms with E-state index in [1.165, 1.54) is 11.7 Å². The molecule has 5 heteroatoms. The second-order valence-electron chi connectivity index (χ2n) is 2.67. The molecule has 0 amide bonds. The fourth-order valence-electron chi connectivity index (χ4n) is 1.26. The Balaban J connectivity index is 2.74. The van der Waals surface area contributed by atoms with E-state index in [9.17, 15) is 4.79 Å². The van der Waals surface area contributed by atoms with Gasteiger partial charge in [0.2, 0.25) is 0 Å². The molecule has 0 atom stereocenters. The lowest BCUT2D eigenvalue weighted by molar-refractivity contribution is 0.173. The molecule has 72 valence electrons. The van der Waals surface area contributed by atoms with Crippen LogP contribution >= 0.6 is 15.9 Å². The lowest BCUT2D eigenvalue weighted by atomic mass is 10.3. The van der Waals surface area contributed by atoms with Crippen LogP contribution in [-0.4, -0.2) is 22.8 Å². The van der Waals surface area contributed by atoms with Gasteiger partial charge in [0, 0.05) is 0 Å². The van der Waals surface area contributed by atoms with Gasteiger partial charge in [-0.3, -0.25) is 0 Å². The van der Waals surface area contributed by atoms with Crippen LogP contribution in [0.4, 0.5) is 4.79 Å². The Morgan fingerprint density at radius 1 is 1.50 bits per heavy atom. The van der Waals surface area contributed by atoms with Crippen molar-refractivity contribution in [3.8, 4) is 0 Å². The number of para-hydroxylation sites is 2. The van der Waals surface area contributed by atoms with E-state index in [1.807, 2.05) is 24.3 Å². The SMILES string of the molecule is COC(=O)n1c(Br)nc2ccccc21. The maximum atomic E-state index is 11.4. The molecular weight excluding hydrogens is 248 g/mol. The Hall–Kier alpha value is -1.36. The van der Waals surface area contributed by atoms with Crippen LogP contribution in [0.25, 0.3) is 11.0 Å².